The highest BCUT2D eigenvalue weighted by Gasteiger charge is 2.13. The van der Waals surface area contributed by atoms with Gasteiger partial charge in [0, 0.05) is 21.1 Å². The van der Waals surface area contributed by atoms with Gasteiger partial charge in [0.05, 0.1) is 6.54 Å². The number of hydrogen-bond acceptors (Lipinski definition) is 2. The van der Waals surface area contributed by atoms with Gasteiger partial charge in [0.25, 0.3) is 5.91 Å². The van der Waals surface area contributed by atoms with Crippen LogP contribution in [0, 0.1) is 12.7 Å². The first-order chi connectivity index (χ1) is 11.9. The van der Waals surface area contributed by atoms with Gasteiger partial charge in [0.15, 0.2) is 0 Å². The van der Waals surface area contributed by atoms with E-state index in [2.05, 4.69) is 31.5 Å². The minimum Gasteiger partial charge on any atom is -0.350 e. The second-order valence-corrected chi connectivity index (χ2v) is 6.43. The number of fused-ring (bicyclic) bond motifs is 1. The van der Waals surface area contributed by atoms with Gasteiger partial charge in [-0.2, -0.15) is 0 Å². The van der Waals surface area contributed by atoms with E-state index in [0.717, 1.165) is 10.0 Å². The Morgan fingerprint density at radius 3 is 2.72 bits per heavy atom. The number of H-pyrrole nitrogens is 1. The molecule has 1 aromatic heterocycles. The molecule has 0 aliphatic rings. The first kappa shape index (κ1) is 17.2. The van der Waals surface area contributed by atoms with Crippen LogP contribution >= 0.6 is 15.9 Å². The summed E-state index contributed by atoms with van der Waals surface area (Å²) in [5.41, 5.74) is 2.36. The van der Waals surface area contributed by atoms with Gasteiger partial charge >= 0.3 is 0 Å². The molecule has 2 aromatic carbocycles. The van der Waals surface area contributed by atoms with Gasteiger partial charge in [-0.3, -0.25) is 9.59 Å². The zero-order chi connectivity index (χ0) is 18.0. The quantitative estimate of drug-likeness (QED) is 0.620. The maximum absolute atomic E-state index is 13.7. The van der Waals surface area contributed by atoms with Crippen molar-refractivity contribution in [2.24, 2.45) is 0 Å². The second kappa shape index (κ2) is 7.06. The average Bonchev–Trinajstić information content (AvgIpc) is 3.02. The van der Waals surface area contributed by atoms with Crippen molar-refractivity contribution in [3.63, 3.8) is 0 Å². The molecule has 3 N–H and O–H groups in total. The number of benzene rings is 2. The highest BCUT2D eigenvalue weighted by Crippen LogP contribution is 2.20. The number of anilines is 1. The van der Waals surface area contributed by atoms with Crippen LogP contribution in [-0.4, -0.2) is 23.3 Å². The molecule has 25 heavy (non-hydrogen) atoms. The first-order valence-electron chi connectivity index (χ1n) is 7.55. The van der Waals surface area contributed by atoms with Gasteiger partial charge in [-0.25, -0.2) is 4.39 Å². The van der Waals surface area contributed by atoms with Gasteiger partial charge in [0.2, 0.25) is 5.91 Å². The number of nitrogens with one attached hydrogen (secondary N) is 3. The number of halogens is 2. The van der Waals surface area contributed by atoms with Gasteiger partial charge in [0.1, 0.15) is 11.5 Å². The van der Waals surface area contributed by atoms with Gasteiger partial charge in [-0.05, 0) is 48.9 Å². The molecule has 5 nitrogen and oxygen atoms in total. The molecule has 7 heteroatoms. The number of aromatic nitrogens is 1. The molecule has 0 saturated carbocycles. The number of hydrogen-bond donors (Lipinski definition) is 3. The third kappa shape index (κ3) is 3.88. The Kier molecular flexibility index (Phi) is 4.85. The number of aromatic amines is 1. The van der Waals surface area contributed by atoms with Crippen molar-refractivity contribution in [1.82, 2.24) is 10.3 Å². The van der Waals surface area contributed by atoms with E-state index in [1.165, 1.54) is 12.1 Å². The Hall–Kier alpha value is -2.67. The molecule has 3 rings (SSSR count). The van der Waals surface area contributed by atoms with Crippen molar-refractivity contribution in [2.75, 3.05) is 11.9 Å². The summed E-state index contributed by atoms with van der Waals surface area (Å²) in [5, 5.41) is 5.55. The van der Waals surface area contributed by atoms with E-state index in [1.807, 2.05) is 19.1 Å². The Labute approximate surface area is 151 Å². The molecule has 1 heterocycles. The van der Waals surface area contributed by atoms with E-state index in [0.29, 0.717) is 16.6 Å². The molecule has 0 fully saturated rings. The van der Waals surface area contributed by atoms with Crippen LogP contribution in [0.2, 0.25) is 0 Å². The van der Waals surface area contributed by atoms with Gasteiger partial charge < -0.3 is 15.6 Å². The number of rotatable bonds is 4. The van der Waals surface area contributed by atoms with Crippen molar-refractivity contribution < 1.29 is 14.0 Å². The van der Waals surface area contributed by atoms with Crippen LogP contribution in [0.15, 0.2) is 46.9 Å². The molecule has 0 bridgehead atoms. The monoisotopic (exact) mass is 403 g/mol. The lowest BCUT2D eigenvalue weighted by molar-refractivity contribution is -0.115. The summed E-state index contributed by atoms with van der Waals surface area (Å²) in [6, 6.07) is 11.4. The Balaban J connectivity index is 1.61. The lowest BCUT2D eigenvalue weighted by Crippen LogP contribution is -2.33. The van der Waals surface area contributed by atoms with Crippen molar-refractivity contribution >= 4 is 44.3 Å². The smallest absolute Gasteiger partial charge is 0.268 e. The summed E-state index contributed by atoms with van der Waals surface area (Å²) < 4.78 is 14.6. The molecule has 0 atom stereocenters. The topological polar surface area (TPSA) is 74.0 Å². The molecule has 2 amide bonds. The van der Waals surface area contributed by atoms with Crippen LogP contribution in [0.4, 0.5) is 10.1 Å². The van der Waals surface area contributed by atoms with E-state index >= 15 is 0 Å². The van der Waals surface area contributed by atoms with Crippen LogP contribution in [-0.2, 0) is 4.79 Å². The molecule has 0 saturated heterocycles. The molecule has 0 spiro atoms. The van der Waals surface area contributed by atoms with Crippen LogP contribution in [0.1, 0.15) is 16.1 Å². The molecule has 0 unspecified atom stereocenters. The van der Waals surface area contributed by atoms with E-state index in [1.54, 1.807) is 18.2 Å². The maximum Gasteiger partial charge on any atom is 0.268 e. The Morgan fingerprint density at radius 2 is 2.00 bits per heavy atom. The molecule has 0 aliphatic carbocycles. The first-order valence-corrected chi connectivity index (χ1v) is 8.35. The second-order valence-electron chi connectivity index (χ2n) is 5.58. The fourth-order valence-electron chi connectivity index (χ4n) is 2.42. The molecular weight excluding hydrogens is 389 g/mol. The summed E-state index contributed by atoms with van der Waals surface area (Å²) in [5.74, 6) is -1.23. The molecule has 128 valence electrons. The van der Waals surface area contributed by atoms with Crippen LogP contribution in [0.25, 0.3) is 10.9 Å². The summed E-state index contributed by atoms with van der Waals surface area (Å²) in [6.07, 6.45) is 0. The van der Waals surface area contributed by atoms with E-state index in [-0.39, 0.29) is 18.1 Å². The van der Waals surface area contributed by atoms with Crippen molar-refractivity contribution in [3.05, 3.63) is 64.0 Å². The summed E-state index contributed by atoms with van der Waals surface area (Å²) >= 11 is 3.39. The number of aryl methyl sites for hydroxylation is 1. The molecule has 0 radical (unpaired) electrons. The van der Waals surface area contributed by atoms with Crippen LogP contribution in [0.5, 0.6) is 0 Å². The standard InChI is InChI=1S/C18H15BrFN3O2/c1-10-7-11(5-6-13(10)19)22-17(24)9-21-18(25)16-8-12-14(20)3-2-4-15(12)23-16/h2-8,23H,9H2,1H3,(H,21,25)(H,22,24). The minimum atomic E-state index is -0.474. The molecular formula is C18H15BrFN3O2. The molecule has 0 aliphatic heterocycles. The molecule has 3 aromatic rings. The maximum atomic E-state index is 13.7. The van der Waals surface area contributed by atoms with Crippen molar-refractivity contribution in [3.8, 4) is 0 Å². The van der Waals surface area contributed by atoms with Gasteiger partial charge in [-0.15, -0.1) is 0 Å². The predicted molar refractivity (Wildman–Crippen MR) is 98.1 cm³/mol. The fourth-order valence-corrected chi connectivity index (χ4v) is 2.67. The lowest BCUT2D eigenvalue weighted by Gasteiger charge is -2.08. The fraction of sp³-hybridized carbons (Fsp3) is 0.111. The third-order valence-corrected chi connectivity index (χ3v) is 4.60. The number of carbonyl (C=O) groups excluding carboxylic acids is 2. The number of amides is 2. The van der Waals surface area contributed by atoms with E-state index < -0.39 is 11.7 Å². The zero-order valence-electron chi connectivity index (χ0n) is 13.3. The highest BCUT2D eigenvalue weighted by molar-refractivity contribution is 9.10. The lowest BCUT2D eigenvalue weighted by atomic mass is 10.2. The average molecular weight is 404 g/mol. The van der Waals surface area contributed by atoms with Gasteiger partial charge in [-0.1, -0.05) is 22.0 Å². The van der Waals surface area contributed by atoms with Crippen molar-refractivity contribution in [2.45, 2.75) is 6.92 Å². The van der Waals surface area contributed by atoms with Crippen LogP contribution in [0.3, 0.4) is 0 Å². The minimum absolute atomic E-state index is 0.189. The van der Waals surface area contributed by atoms with Crippen molar-refractivity contribution in [1.29, 1.82) is 0 Å². The largest absolute Gasteiger partial charge is 0.350 e. The zero-order valence-corrected chi connectivity index (χ0v) is 14.9. The van der Waals surface area contributed by atoms with E-state index in [4.69, 9.17) is 0 Å². The van der Waals surface area contributed by atoms with Crippen LogP contribution < -0.4 is 10.6 Å². The Bertz CT molecular complexity index is 968. The summed E-state index contributed by atoms with van der Waals surface area (Å²) in [4.78, 5) is 26.9. The van der Waals surface area contributed by atoms with E-state index in [9.17, 15) is 14.0 Å². The predicted octanol–water partition coefficient (Wildman–Crippen LogP) is 3.75. The summed E-state index contributed by atoms with van der Waals surface area (Å²) in [7, 11) is 0. The highest BCUT2D eigenvalue weighted by atomic mass is 79.9. The normalized spacial score (nSPS) is 10.7. The summed E-state index contributed by atoms with van der Waals surface area (Å²) in [6.45, 7) is 1.72. The number of carbonyl (C=O) groups is 2. The SMILES string of the molecule is Cc1cc(NC(=O)CNC(=O)c2cc3c(F)cccc3[nH]2)ccc1Br. The Morgan fingerprint density at radius 1 is 1.20 bits per heavy atom. The third-order valence-electron chi connectivity index (χ3n) is 3.71.